The Bertz CT molecular complexity index is 291. The van der Waals surface area contributed by atoms with Crippen LogP contribution in [0.1, 0.15) is 47.5 Å². The van der Waals surface area contributed by atoms with Crippen molar-refractivity contribution in [3.63, 3.8) is 0 Å². The van der Waals surface area contributed by atoms with Crippen molar-refractivity contribution < 1.29 is 9.53 Å². The van der Waals surface area contributed by atoms with Crippen LogP contribution in [0.2, 0.25) is 0 Å². The van der Waals surface area contributed by atoms with Gasteiger partial charge in [0.2, 0.25) is 0 Å². The van der Waals surface area contributed by atoms with Crippen molar-refractivity contribution in [2.45, 2.75) is 59.1 Å². The maximum Gasteiger partial charge on any atom is 0.410 e. The molecule has 2 atom stereocenters. The zero-order valence-corrected chi connectivity index (χ0v) is 11.7. The molecule has 0 aromatic heterocycles. The summed E-state index contributed by atoms with van der Waals surface area (Å²) >= 11 is 0. The molecule has 0 bridgehead atoms. The molecule has 3 heteroatoms. The summed E-state index contributed by atoms with van der Waals surface area (Å²) in [5.41, 5.74) is -0.415. The minimum atomic E-state index is -0.415. The molecule has 0 aromatic rings. The SMILES string of the molecule is CC/C=C/[C@@H]1[C@@H](C)CCN1C(=O)OC(C)(C)C. The molecule has 17 heavy (non-hydrogen) atoms. The smallest absolute Gasteiger partial charge is 0.410 e. The van der Waals surface area contributed by atoms with Gasteiger partial charge in [-0.05, 0) is 39.5 Å². The molecule has 1 heterocycles. The van der Waals surface area contributed by atoms with Crippen LogP contribution in [-0.4, -0.2) is 29.2 Å². The van der Waals surface area contributed by atoms with E-state index in [0.29, 0.717) is 5.92 Å². The monoisotopic (exact) mass is 239 g/mol. The number of nitrogens with zero attached hydrogens (tertiary/aromatic N) is 1. The lowest BCUT2D eigenvalue weighted by molar-refractivity contribution is 0.0245. The van der Waals surface area contributed by atoms with E-state index in [1.807, 2.05) is 25.7 Å². The number of ether oxygens (including phenoxy) is 1. The number of hydrogen-bond acceptors (Lipinski definition) is 2. The van der Waals surface area contributed by atoms with Gasteiger partial charge in [0, 0.05) is 6.54 Å². The van der Waals surface area contributed by atoms with Crippen LogP contribution in [0.3, 0.4) is 0 Å². The number of allylic oxidation sites excluding steroid dienone is 1. The van der Waals surface area contributed by atoms with Gasteiger partial charge in [-0.3, -0.25) is 0 Å². The van der Waals surface area contributed by atoms with Gasteiger partial charge in [0.1, 0.15) is 5.60 Å². The van der Waals surface area contributed by atoms with E-state index in [1.54, 1.807) is 0 Å². The van der Waals surface area contributed by atoms with Gasteiger partial charge in [0.15, 0.2) is 0 Å². The van der Waals surface area contributed by atoms with Crippen molar-refractivity contribution in [3.8, 4) is 0 Å². The molecule has 1 saturated heterocycles. The predicted octanol–water partition coefficient (Wildman–Crippen LogP) is 3.60. The summed E-state index contributed by atoms with van der Waals surface area (Å²) < 4.78 is 5.43. The quantitative estimate of drug-likeness (QED) is 0.689. The van der Waals surface area contributed by atoms with Gasteiger partial charge in [0.05, 0.1) is 6.04 Å². The average Bonchev–Trinajstić information content (AvgIpc) is 2.54. The Morgan fingerprint density at radius 3 is 2.65 bits per heavy atom. The Labute approximate surface area is 105 Å². The van der Waals surface area contributed by atoms with E-state index in [-0.39, 0.29) is 12.1 Å². The summed E-state index contributed by atoms with van der Waals surface area (Å²) in [6.07, 6.45) is 6.14. The standard InChI is InChI=1S/C14H25NO2/c1-6-7-8-12-11(2)9-10-15(12)13(16)17-14(3,4)5/h7-8,11-12H,6,9-10H2,1-5H3/b8-7+/t11-,12+/m0/s1. The molecule has 0 N–H and O–H groups in total. The van der Waals surface area contributed by atoms with Gasteiger partial charge < -0.3 is 9.64 Å². The first-order valence-electron chi connectivity index (χ1n) is 6.51. The van der Waals surface area contributed by atoms with E-state index in [9.17, 15) is 4.79 Å². The first kappa shape index (κ1) is 14.1. The minimum absolute atomic E-state index is 0.187. The zero-order chi connectivity index (χ0) is 13.1. The van der Waals surface area contributed by atoms with Crippen molar-refractivity contribution in [3.05, 3.63) is 12.2 Å². The molecular weight excluding hydrogens is 214 g/mol. The van der Waals surface area contributed by atoms with E-state index in [1.165, 1.54) is 0 Å². The molecule has 1 aliphatic rings. The molecule has 0 saturated carbocycles. The summed E-state index contributed by atoms with van der Waals surface area (Å²) in [7, 11) is 0. The number of carbonyl (C=O) groups excluding carboxylic acids is 1. The third-order valence-corrected chi connectivity index (χ3v) is 2.97. The molecule has 0 aromatic carbocycles. The molecular formula is C14H25NO2. The van der Waals surface area contributed by atoms with E-state index in [4.69, 9.17) is 4.74 Å². The second kappa shape index (κ2) is 5.56. The number of carbonyl (C=O) groups is 1. The maximum absolute atomic E-state index is 12.0. The fourth-order valence-corrected chi connectivity index (χ4v) is 2.07. The summed E-state index contributed by atoms with van der Waals surface area (Å²) in [6.45, 7) is 10.8. The van der Waals surface area contributed by atoms with Gasteiger partial charge in [-0.25, -0.2) is 4.79 Å². The van der Waals surface area contributed by atoms with Crippen molar-refractivity contribution in [2.24, 2.45) is 5.92 Å². The molecule has 0 unspecified atom stereocenters. The van der Waals surface area contributed by atoms with Gasteiger partial charge >= 0.3 is 6.09 Å². The number of rotatable bonds is 2. The molecule has 3 nitrogen and oxygen atoms in total. The summed E-state index contributed by atoms with van der Waals surface area (Å²) in [4.78, 5) is 13.9. The predicted molar refractivity (Wildman–Crippen MR) is 69.9 cm³/mol. The Morgan fingerprint density at radius 2 is 2.12 bits per heavy atom. The van der Waals surface area contributed by atoms with Crippen LogP contribution in [-0.2, 0) is 4.74 Å². The molecule has 98 valence electrons. The van der Waals surface area contributed by atoms with Crippen LogP contribution in [0.4, 0.5) is 4.79 Å². The lowest BCUT2D eigenvalue weighted by Crippen LogP contribution is -2.40. The highest BCUT2D eigenvalue weighted by Crippen LogP contribution is 2.26. The van der Waals surface area contributed by atoms with Crippen LogP contribution in [0.25, 0.3) is 0 Å². The van der Waals surface area contributed by atoms with Crippen molar-refractivity contribution in [1.82, 2.24) is 4.90 Å². The zero-order valence-electron chi connectivity index (χ0n) is 11.7. The first-order valence-corrected chi connectivity index (χ1v) is 6.51. The van der Waals surface area contributed by atoms with E-state index < -0.39 is 5.60 Å². The Kier molecular flexibility index (Phi) is 4.61. The molecule has 0 radical (unpaired) electrons. The number of hydrogen-bond donors (Lipinski definition) is 0. The molecule has 0 aliphatic carbocycles. The van der Waals surface area contributed by atoms with Crippen molar-refractivity contribution in [2.75, 3.05) is 6.54 Å². The fourth-order valence-electron chi connectivity index (χ4n) is 2.07. The van der Waals surface area contributed by atoms with Crippen molar-refractivity contribution in [1.29, 1.82) is 0 Å². The Morgan fingerprint density at radius 1 is 1.47 bits per heavy atom. The van der Waals surface area contributed by atoms with Crippen molar-refractivity contribution >= 4 is 6.09 Å². The van der Waals surface area contributed by atoms with Crippen LogP contribution in [0, 0.1) is 5.92 Å². The highest BCUT2D eigenvalue weighted by atomic mass is 16.6. The van der Waals surface area contributed by atoms with E-state index in [2.05, 4.69) is 26.0 Å². The maximum atomic E-state index is 12.0. The molecule has 1 rings (SSSR count). The van der Waals surface area contributed by atoms with Gasteiger partial charge in [-0.15, -0.1) is 0 Å². The topological polar surface area (TPSA) is 29.5 Å². The second-order valence-electron chi connectivity index (χ2n) is 5.77. The number of likely N-dealkylation sites (tertiary alicyclic amines) is 1. The van der Waals surface area contributed by atoms with E-state index in [0.717, 1.165) is 19.4 Å². The lowest BCUT2D eigenvalue weighted by Gasteiger charge is -2.28. The van der Waals surface area contributed by atoms with Crippen LogP contribution >= 0.6 is 0 Å². The Hall–Kier alpha value is -0.990. The summed E-state index contributed by atoms with van der Waals surface area (Å²) in [6, 6.07) is 0.199. The normalized spacial score (nSPS) is 25.6. The van der Waals surface area contributed by atoms with Crippen LogP contribution < -0.4 is 0 Å². The van der Waals surface area contributed by atoms with Gasteiger partial charge in [-0.1, -0.05) is 26.0 Å². The summed E-state index contributed by atoms with van der Waals surface area (Å²) in [5, 5.41) is 0. The molecule has 1 fully saturated rings. The largest absolute Gasteiger partial charge is 0.444 e. The third kappa shape index (κ3) is 4.06. The minimum Gasteiger partial charge on any atom is -0.444 e. The molecule has 0 spiro atoms. The van der Waals surface area contributed by atoms with Crippen LogP contribution in [0.15, 0.2) is 12.2 Å². The fraction of sp³-hybridized carbons (Fsp3) is 0.786. The van der Waals surface area contributed by atoms with E-state index >= 15 is 0 Å². The number of amides is 1. The average molecular weight is 239 g/mol. The molecule has 1 aliphatic heterocycles. The van der Waals surface area contributed by atoms with Gasteiger partial charge in [-0.2, -0.15) is 0 Å². The van der Waals surface area contributed by atoms with Crippen LogP contribution in [0.5, 0.6) is 0 Å². The highest BCUT2D eigenvalue weighted by molar-refractivity contribution is 5.69. The lowest BCUT2D eigenvalue weighted by atomic mass is 10.0. The summed E-state index contributed by atoms with van der Waals surface area (Å²) in [5.74, 6) is 0.519. The first-order chi connectivity index (χ1) is 7.85. The molecule has 1 amide bonds. The Balaban J connectivity index is 2.68. The second-order valence-corrected chi connectivity index (χ2v) is 5.77. The highest BCUT2D eigenvalue weighted by Gasteiger charge is 2.34. The van der Waals surface area contributed by atoms with Gasteiger partial charge in [0.25, 0.3) is 0 Å². The third-order valence-electron chi connectivity index (χ3n) is 2.97.